The van der Waals surface area contributed by atoms with Crippen LogP contribution >= 0.6 is 0 Å². The van der Waals surface area contributed by atoms with E-state index in [2.05, 4.69) is 23.8 Å². The number of nitrogens with zero attached hydrogens (tertiary/aromatic N) is 2. The second-order valence-corrected chi connectivity index (χ2v) is 6.91. The minimum Gasteiger partial charge on any atom is -0.347 e. The van der Waals surface area contributed by atoms with E-state index in [4.69, 9.17) is 0 Å². The van der Waals surface area contributed by atoms with Crippen molar-refractivity contribution in [2.45, 2.75) is 39.2 Å². The Morgan fingerprint density at radius 2 is 1.77 bits per heavy atom. The van der Waals surface area contributed by atoms with Gasteiger partial charge in [-0.3, -0.25) is 9.59 Å². The molecule has 0 spiro atoms. The fourth-order valence-electron chi connectivity index (χ4n) is 3.92. The number of hydrogen-bond donors (Lipinski definition) is 0. The molecular weight excluding hydrogens is 324 g/mol. The first-order valence-corrected chi connectivity index (χ1v) is 9.12. The molecule has 2 heterocycles. The van der Waals surface area contributed by atoms with Crippen molar-refractivity contribution in [3.63, 3.8) is 0 Å². The van der Waals surface area contributed by atoms with Crippen molar-refractivity contribution in [1.82, 2.24) is 4.57 Å². The molecule has 0 N–H and O–H groups in total. The molecule has 26 heavy (non-hydrogen) atoms. The molecule has 2 amide bonds. The largest absolute Gasteiger partial charge is 0.347 e. The van der Waals surface area contributed by atoms with E-state index in [9.17, 15) is 9.59 Å². The minimum absolute atomic E-state index is 0.122. The fraction of sp³-hybridized carbons (Fsp3) is 0.273. The molecule has 1 fully saturated rings. The van der Waals surface area contributed by atoms with Crippen LogP contribution in [0.2, 0.25) is 0 Å². The number of amides is 2. The maximum atomic E-state index is 13.2. The van der Waals surface area contributed by atoms with Gasteiger partial charge in [-0.15, -0.1) is 0 Å². The third-order valence-electron chi connectivity index (χ3n) is 5.16. The molecule has 1 unspecified atom stereocenters. The lowest BCUT2D eigenvalue weighted by molar-refractivity contribution is -0.121. The van der Waals surface area contributed by atoms with Crippen LogP contribution in [0.1, 0.15) is 36.8 Å². The van der Waals surface area contributed by atoms with Gasteiger partial charge in [0.2, 0.25) is 11.8 Å². The number of rotatable bonds is 4. The lowest BCUT2D eigenvalue weighted by Crippen LogP contribution is -2.30. The highest BCUT2D eigenvalue weighted by Crippen LogP contribution is 2.38. The fourth-order valence-corrected chi connectivity index (χ4v) is 3.92. The molecule has 1 aliphatic rings. The van der Waals surface area contributed by atoms with Crippen LogP contribution < -0.4 is 4.90 Å². The van der Waals surface area contributed by atoms with Crippen LogP contribution in [-0.2, 0) is 16.1 Å². The highest BCUT2D eigenvalue weighted by molar-refractivity contribution is 6.23. The molecule has 1 saturated heterocycles. The van der Waals surface area contributed by atoms with E-state index >= 15 is 0 Å². The van der Waals surface area contributed by atoms with E-state index in [1.807, 2.05) is 49.4 Å². The topological polar surface area (TPSA) is 42.3 Å². The van der Waals surface area contributed by atoms with Crippen molar-refractivity contribution >= 4 is 28.4 Å². The Bertz CT molecular complexity index is 1000. The lowest BCUT2D eigenvalue weighted by Gasteiger charge is -2.17. The van der Waals surface area contributed by atoms with Gasteiger partial charge in [-0.05, 0) is 36.6 Å². The summed E-state index contributed by atoms with van der Waals surface area (Å²) in [5.74, 6) is -0.657. The van der Waals surface area contributed by atoms with Gasteiger partial charge in [0.05, 0.1) is 11.6 Å². The summed E-state index contributed by atoms with van der Waals surface area (Å²) in [5, 5.41) is 1.07. The SMILES string of the molecule is CCCn1cc(C2CC(=O)N(c3ccccc3C)C2=O)c2ccccc21. The highest BCUT2D eigenvalue weighted by Gasteiger charge is 2.41. The van der Waals surface area contributed by atoms with Gasteiger partial charge < -0.3 is 4.57 Å². The number of benzene rings is 2. The predicted molar refractivity (Wildman–Crippen MR) is 103 cm³/mol. The second-order valence-electron chi connectivity index (χ2n) is 6.91. The van der Waals surface area contributed by atoms with Crippen molar-refractivity contribution in [3.8, 4) is 0 Å². The maximum Gasteiger partial charge on any atom is 0.241 e. The Hall–Kier alpha value is -2.88. The van der Waals surface area contributed by atoms with Crippen LogP contribution in [-0.4, -0.2) is 16.4 Å². The molecule has 4 heteroatoms. The molecule has 2 aromatic carbocycles. The first kappa shape index (κ1) is 16.6. The van der Waals surface area contributed by atoms with E-state index < -0.39 is 5.92 Å². The molecule has 0 saturated carbocycles. The molecule has 0 radical (unpaired) electrons. The number of fused-ring (bicyclic) bond motifs is 1. The Kier molecular flexibility index (Phi) is 4.11. The number of aryl methyl sites for hydroxylation is 2. The van der Waals surface area contributed by atoms with Crippen LogP contribution in [0.5, 0.6) is 0 Å². The summed E-state index contributed by atoms with van der Waals surface area (Å²) in [4.78, 5) is 27.2. The number of carbonyl (C=O) groups excluding carboxylic acids is 2. The van der Waals surface area contributed by atoms with Crippen LogP contribution in [0.4, 0.5) is 5.69 Å². The van der Waals surface area contributed by atoms with Crippen molar-refractivity contribution in [2.75, 3.05) is 4.90 Å². The normalized spacial score (nSPS) is 17.5. The number of carbonyl (C=O) groups is 2. The first-order valence-electron chi connectivity index (χ1n) is 9.12. The smallest absolute Gasteiger partial charge is 0.241 e. The van der Waals surface area contributed by atoms with Gasteiger partial charge in [0, 0.05) is 30.1 Å². The highest BCUT2D eigenvalue weighted by atomic mass is 16.2. The summed E-state index contributed by atoms with van der Waals surface area (Å²) >= 11 is 0. The third kappa shape index (κ3) is 2.53. The van der Waals surface area contributed by atoms with Gasteiger partial charge >= 0.3 is 0 Å². The second kappa shape index (κ2) is 6.45. The van der Waals surface area contributed by atoms with Gasteiger partial charge in [0.1, 0.15) is 0 Å². The summed E-state index contributed by atoms with van der Waals surface area (Å²) in [5.41, 5.74) is 3.72. The molecule has 4 rings (SSSR count). The maximum absolute atomic E-state index is 13.2. The van der Waals surface area contributed by atoms with Crippen LogP contribution in [0, 0.1) is 6.92 Å². The van der Waals surface area contributed by atoms with Crippen LogP contribution in [0.15, 0.2) is 54.7 Å². The van der Waals surface area contributed by atoms with Crippen molar-refractivity contribution in [2.24, 2.45) is 0 Å². The summed E-state index contributed by atoms with van der Waals surface area (Å²) < 4.78 is 2.19. The average Bonchev–Trinajstić information content (AvgIpc) is 3.14. The zero-order chi connectivity index (χ0) is 18.3. The van der Waals surface area contributed by atoms with E-state index in [0.717, 1.165) is 35.0 Å². The lowest BCUT2D eigenvalue weighted by atomic mass is 9.97. The number of anilines is 1. The standard InChI is InChI=1S/C22H22N2O2/c1-3-12-23-14-18(16-9-5-7-11-20(16)23)17-13-21(25)24(22(17)26)19-10-6-4-8-15(19)2/h4-11,14,17H,3,12-13H2,1-2H3. The predicted octanol–water partition coefficient (Wildman–Crippen LogP) is 4.41. The molecule has 1 atom stereocenters. The first-order chi connectivity index (χ1) is 12.6. The minimum atomic E-state index is -0.412. The Labute approximate surface area is 153 Å². The van der Waals surface area contributed by atoms with E-state index in [0.29, 0.717) is 5.69 Å². The average molecular weight is 346 g/mol. The molecule has 1 aromatic heterocycles. The molecule has 3 aromatic rings. The Balaban J connectivity index is 1.78. The Morgan fingerprint density at radius 3 is 2.54 bits per heavy atom. The van der Waals surface area contributed by atoms with Gasteiger partial charge in [0.15, 0.2) is 0 Å². The van der Waals surface area contributed by atoms with Crippen LogP contribution in [0.25, 0.3) is 10.9 Å². The summed E-state index contributed by atoms with van der Waals surface area (Å²) in [6, 6.07) is 15.7. The number of para-hydroxylation sites is 2. The quantitative estimate of drug-likeness (QED) is 0.657. The molecular formula is C22H22N2O2. The van der Waals surface area contributed by atoms with E-state index in [1.54, 1.807) is 0 Å². The monoisotopic (exact) mass is 346 g/mol. The van der Waals surface area contributed by atoms with Crippen molar-refractivity contribution < 1.29 is 9.59 Å². The summed E-state index contributed by atoms with van der Waals surface area (Å²) in [6.45, 7) is 4.96. The van der Waals surface area contributed by atoms with E-state index in [-0.39, 0.29) is 18.2 Å². The molecule has 4 nitrogen and oxygen atoms in total. The van der Waals surface area contributed by atoms with Crippen LogP contribution in [0.3, 0.4) is 0 Å². The number of imide groups is 1. The molecule has 0 aliphatic carbocycles. The van der Waals surface area contributed by atoms with E-state index in [1.165, 1.54) is 4.90 Å². The molecule has 132 valence electrons. The molecule has 0 bridgehead atoms. The van der Waals surface area contributed by atoms with Gasteiger partial charge in [-0.2, -0.15) is 0 Å². The number of hydrogen-bond acceptors (Lipinski definition) is 2. The van der Waals surface area contributed by atoms with Gasteiger partial charge in [0.25, 0.3) is 0 Å². The zero-order valence-corrected chi connectivity index (χ0v) is 15.1. The summed E-state index contributed by atoms with van der Waals surface area (Å²) in [6.07, 6.45) is 3.31. The third-order valence-corrected chi connectivity index (χ3v) is 5.16. The Morgan fingerprint density at radius 1 is 1.04 bits per heavy atom. The van der Waals surface area contributed by atoms with Crippen molar-refractivity contribution in [3.05, 3.63) is 65.9 Å². The molecule has 1 aliphatic heterocycles. The summed E-state index contributed by atoms with van der Waals surface area (Å²) in [7, 11) is 0. The van der Waals surface area contributed by atoms with Gasteiger partial charge in [-0.25, -0.2) is 4.90 Å². The number of aromatic nitrogens is 1. The van der Waals surface area contributed by atoms with Crippen molar-refractivity contribution in [1.29, 1.82) is 0 Å². The van der Waals surface area contributed by atoms with Gasteiger partial charge in [-0.1, -0.05) is 43.3 Å². The zero-order valence-electron chi connectivity index (χ0n) is 15.1.